The number of benzene rings is 2. The minimum absolute atomic E-state index is 0.00272. The van der Waals surface area contributed by atoms with Crippen LogP contribution < -0.4 is 5.32 Å². The number of pyridine rings is 1. The standard InChI is InChI=1S/C27H27N5O2/c1-19(26(33)29-23-12-6-5-11-22(23)20-9-3-2-4-10-20)32-17-14-21(15-18-32)27-30-25(31-34-27)24-13-7-8-16-28-24/h2-13,16,19,21H,14-15,17-18H2,1H3,(H,29,33). The molecule has 1 unspecified atom stereocenters. The Kier molecular flexibility index (Phi) is 6.44. The van der Waals surface area contributed by atoms with Gasteiger partial charge in [0.15, 0.2) is 0 Å². The first-order valence-corrected chi connectivity index (χ1v) is 11.6. The fourth-order valence-corrected chi connectivity index (χ4v) is 4.40. The summed E-state index contributed by atoms with van der Waals surface area (Å²) in [6, 6.07) is 23.4. The Labute approximate surface area is 198 Å². The Morgan fingerprint density at radius 3 is 2.50 bits per heavy atom. The minimum atomic E-state index is -0.239. The number of anilines is 1. The topological polar surface area (TPSA) is 84.2 Å². The van der Waals surface area contributed by atoms with Crippen molar-refractivity contribution in [3.63, 3.8) is 0 Å². The van der Waals surface area contributed by atoms with E-state index in [0.717, 1.165) is 42.7 Å². The highest BCUT2D eigenvalue weighted by atomic mass is 16.5. The number of likely N-dealkylation sites (tertiary alicyclic amines) is 1. The van der Waals surface area contributed by atoms with Crippen LogP contribution in [0.5, 0.6) is 0 Å². The second-order valence-corrected chi connectivity index (χ2v) is 8.56. The Bertz CT molecular complexity index is 1230. The molecule has 1 amide bonds. The van der Waals surface area contributed by atoms with Crippen molar-refractivity contribution in [1.29, 1.82) is 0 Å². The summed E-state index contributed by atoms with van der Waals surface area (Å²) < 4.78 is 5.54. The van der Waals surface area contributed by atoms with Crippen molar-refractivity contribution in [2.45, 2.75) is 31.7 Å². The molecule has 3 heterocycles. The highest BCUT2D eigenvalue weighted by Gasteiger charge is 2.30. The van der Waals surface area contributed by atoms with E-state index in [1.165, 1.54) is 0 Å². The number of aromatic nitrogens is 3. The Morgan fingerprint density at radius 2 is 1.74 bits per heavy atom. The van der Waals surface area contributed by atoms with Crippen molar-refractivity contribution in [3.8, 4) is 22.6 Å². The summed E-state index contributed by atoms with van der Waals surface area (Å²) in [4.78, 5) is 24.2. The number of nitrogens with one attached hydrogen (secondary N) is 1. The fraction of sp³-hybridized carbons (Fsp3) is 0.259. The van der Waals surface area contributed by atoms with Crippen LogP contribution in [0, 0.1) is 0 Å². The van der Waals surface area contributed by atoms with Gasteiger partial charge in [-0.3, -0.25) is 14.7 Å². The van der Waals surface area contributed by atoms with Crippen LogP contribution in [0.15, 0.2) is 83.5 Å². The van der Waals surface area contributed by atoms with Gasteiger partial charge >= 0.3 is 0 Å². The molecule has 0 aliphatic carbocycles. The summed E-state index contributed by atoms with van der Waals surface area (Å²) in [7, 11) is 0. The van der Waals surface area contributed by atoms with Gasteiger partial charge in [-0.05, 0) is 56.6 Å². The van der Waals surface area contributed by atoms with Gasteiger partial charge in [0, 0.05) is 23.4 Å². The second-order valence-electron chi connectivity index (χ2n) is 8.56. The smallest absolute Gasteiger partial charge is 0.241 e. The molecule has 1 saturated heterocycles. The number of para-hydroxylation sites is 1. The van der Waals surface area contributed by atoms with E-state index in [1.807, 2.05) is 67.6 Å². The van der Waals surface area contributed by atoms with Crippen LogP contribution in [-0.4, -0.2) is 45.1 Å². The molecule has 7 nitrogen and oxygen atoms in total. The van der Waals surface area contributed by atoms with Crippen molar-refractivity contribution in [2.75, 3.05) is 18.4 Å². The van der Waals surface area contributed by atoms with Gasteiger partial charge in [-0.15, -0.1) is 0 Å². The van der Waals surface area contributed by atoms with Gasteiger partial charge in [-0.1, -0.05) is 59.8 Å². The summed E-state index contributed by atoms with van der Waals surface area (Å²) in [6.07, 6.45) is 3.44. The molecule has 0 radical (unpaired) electrons. The molecule has 1 aliphatic rings. The molecule has 2 aromatic carbocycles. The maximum absolute atomic E-state index is 13.1. The molecule has 34 heavy (non-hydrogen) atoms. The van der Waals surface area contributed by atoms with Crippen LogP contribution in [0.3, 0.4) is 0 Å². The van der Waals surface area contributed by atoms with E-state index in [0.29, 0.717) is 17.4 Å². The zero-order valence-corrected chi connectivity index (χ0v) is 19.1. The zero-order valence-electron chi connectivity index (χ0n) is 19.1. The van der Waals surface area contributed by atoms with Crippen LogP contribution in [0.25, 0.3) is 22.6 Å². The van der Waals surface area contributed by atoms with E-state index >= 15 is 0 Å². The number of nitrogens with zero attached hydrogens (tertiary/aromatic N) is 4. The molecular formula is C27H27N5O2. The second kappa shape index (κ2) is 9.97. The number of rotatable bonds is 6. The molecule has 1 aliphatic heterocycles. The maximum atomic E-state index is 13.1. The predicted molar refractivity (Wildman–Crippen MR) is 131 cm³/mol. The fourth-order valence-electron chi connectivity index (χ4n) is 4.40. The van der Waals surface area contributed by atoms with Crippen LogP contribution in [0.1, 0.15) is 31.6 Å². The van der Waals surface area contributed by atoms with Crippen LogP contribution in [0.4, 0.5) is 5.69 Å². The number of carbonyl (C=O) groups is 1. The lowest BCUT2D eigenvalue weighted by atomic mass is 9.95. The maximum Gasteiger partial charge on any atom is 0.241 e. The monoisotopic (exact) mass is 453 g/mol. The first-order valence-electron chi connectivity index (χ1n) is 11.6. The molecule has 0 spiro atoms. The Hall–Kier alpha value is -3.84. The van der Waals surface area contributed by atoms with Gasteiger partial charge in [0.1, 0.15) is 5.69 Å². The van der Waals surface area contributed by atoms with Gasteiger partial charge in [-0.2, -0.15) is 4.98 Å². The van der Waals surface area contributed by atoms with Crippen LogP contribution >= 0.6 is 0 Å². The summed E-state index contributed by atoms with van der Waals surface area (Å²) in [5, 5.41) is 7.24. The van der Waals surface area contributed by atoms with Gasteiger partial charge in [0.25, 0.3) is 0 Å². The largest absolute Gasteiger partial charge is 0.339 e. The molecule has 172 valence electrons. The van der Waals surface area contributed by atoms with Gasteiger partial charge < -0.3 is 9.84 Å². The third-order valence-electron chi connectivity index (χ3n) is 6.41. The van der Waals surface area contributed by atoms with Crippen molar-refractivity contribution in [3.05, 3.63) is 84.9 Å². The summed E-state index contributed by atoms with van der Waals surface area (Å²) >= 11 is 0. The highest BCUT2D eigenvalue weighted by molar-refractivity contribution is 5.98. The van der Waals surface area contributed by atoms with E-state index in [1.54, 1.807) is 6.20 Å². The third-order valence-corrected chi connectivity index (χ3v) is 6.41. The highest BCUT2D eigenvalue weighted by Crippen LogP contribution is 2.30. The molecule has 5 rings (SSSR count). The first kappa shape index (κ1) is 22.0. The number of carbonyl (C=O) groups excluding carboxylic acids is 1. The van der Waals surface area contributed by atoms with E-state index in [-0.39, 0.29) is 17.9 Å². The van der Waals surface area contributed by atoms with Gasteiger partial charge in [0.2, 0.25) is 17.6 Å². The van der Waals surface area contributed by atoms with Crippen molar-refractivity contribution >= 4 is 11.6 Å². The van der Waals surface area contributed by atoms with Crippen LogP contribution in [-0.2, 0) is 4.79 Å². The lowest BCUT2D eigenvalue weighted by Crippen LogP contribution is -2.45. The number of amides is 1. The summed E-state index contributed by atoms with van der Waals surface area (Å²) in [5.41, 5.74) is 3.63. The average molecular weight is 454 g/mol. The predicted octanol–water partition coefficient (Wildman–Crippen LogP) is 5.01. The molecular weight excluding hydrogens is 426 g/mol. The van der Waals surface area contributed by atoms with Gasteiger partial charge in [-0.25, -0.2) is 0 Å². The molecule has 0 bridgehead atoms. The number of hydrogen-bond acceptors (Lipinski definition) is 6. The zero-order chi connectivity index (χ0) is 23.3. The normalized spacial score (nSPS) is 15.7. The lowest BCUT2D eigenvalue weighted by Gasteiger charge is -2.34. The van der Waals surface area contributed by atoms with E-state index in [4.69, 9.17) is 4.52 Å². The number of hydrogen-bond donors (Lipinski definition) is 1. The molecule has 0 saturated carbocycles. The quantitative estimate of drug-likeness (QED) is 0.442. The SMILES string of the molecule is CC(C(=O)Nc1ccccc1-c1ccccc1)N1CCC(c2nc(-c3ccccn3)no2)CC1. The Morgan fingerprint density at radius 1 is 1.00 bits per heavy atom. The molecule has 1 fully saturated rings. The summed E-state index contributed by atoms with van der Waals surface area (Å²) in [6.45, 7) is 3.55. The third kappa shape index (κ3) is 4.75. The minimum Gasteiger partial charge on any atom is -0.339 e. The molecule has 1 atom stereocenters. The van der Waals surface area contributed by atoms with Crippen molar-refractivity contribution in [2.24, 2.45) is 0 Å². The van der Waals surface area contributed by atoms with E-state index in [2.05, 4.69) is 37.5 Å². The van der Waals surface area contributed by atoms with Gasteiger partial charge in [0.05, 0.1) is 6.04 Å². The Balaban J connectivity index is 1.20. The first-order chi connectivity index (χ1) is 16.7. The summed E-state index contributed by atoms with van der Waals surface area (Å²) in [5.74, 6) is 1.35. The van der Waals surface area contributed by atoms with E-state index < -0.39 is 0 Å². The van der Waals surface area contributed by atoms with Crippen LogP contribution in [0.2, 0.25) is 0 Å². The van der Waals surface area contributed by atoms with E-state index in [9.17, 15) is 4.79 Å². The molecule has 2 aromatic heterocycles. The molecule has 1 N–H and O–H groups in total. The van der Waals surface area contributed by atoms with Crippen molar-refractivity contribution < 1.29 is 9.32 Å². The number of piperidine rings is 1. The lowest BCUT2D eigenvalue weighted by molar-refractivity contribution is -0.121. The molecule has 4 aromatic rings. The average Bonchev–Trinajstić information content (AvgIpc) is 3.40. The molecule has 7 heteroatoms. The van der Waals surface area contributed by atoms with Crippen molar-refractivity contribution in [1.82, 2.24) is 20.0 Å².